The molecule has 2 aromatic carbocycles. The highest BCUT2D eigenvalue weighted by atomic mass is 16.5. The van der Waals surface area contributed by atoms with Gasteiger partial charge in [0.1, 0.15) is 17.9 Å². The van der Waals surface area contributed by atoms with Crippen LogP contribution < -0.4 is 10.1 Å². The Balaban J connectivity index is 1.62. The zero-order valence-electron chi connectivity index (χ0n) is 13.6. The molecule has 4 rings (SSSR count). The highest BCUT2D eigenvalue weighted by Crippen LogP contribution is 2.34. The van der Waals surface area contributed by atoms with Crippen LogP contribution in [-0.2, 0) is 0 Å². The van der Waals surface area contributed by atoms with Gasteiger partial charge < -0.3 is 10.1 Å². The summed E-state index contributed by atoms with van der Waals surface area (Å²) in [6, 6.07) is 18.7. The molecule has 1 unspecified atom stereocenters. The van der Waals surface area contributed by atoms with E-state index in [0.29, 0.717) is 6.61 Å². The summed E-state index contributed by atoms with van der Waals surface area (Å²) in [6.45, 7) is 2.81. The number of hydrogen-bond donors (Lipinski definition) is 1. The van der Waals surface area contributed by atoms with Gasteiger partial charge in [0, 0.05) is 23.6 Å². The van der Waals surface area contributed by atoms with Gasteiger partial charge in [-0.15, -0.1) is 0 Å². The fraction of sp³-hybridized carbons (Fsp3) is 0.200. The second kappa shape index (κ2) is 6.32. The number of benzene rings is 2. The Hall–Kier alpha value is -2.88. The van der Waals surface area contributed by atoms with Crippen molar-refractivity contribution >= 4 is 5.82 Å². The van der Waals surface area contributed by atoms with Crippen LogP contribution in [-0.4, -0.2) is 16.6 Å². The number of anilines is 1. The fourth-order valence-corrected chi connectivity index (χ4v) is 3.05. The molecule has 0 saturated carbocycles. The first kappa shape index (κ1) is 14.7. The Kier molecular flexibility index (Phi) is 3.87. The van der Waals surface area contributed by atoms with E-state index in [-0.39, 0.29) is 6.04 Å². The monoisotopic (exact) mass is 317 g/mol. The SMILES string of the molecule is Cc1ccc2c(c1)C(Nc1cc(-c3ccccc3)ncn1)CCO2. The molecule has 1 aliphatic heterocycles. The lowest BCUT2D eigenvalue weighted by Gasteiger charge is -2.27. The third-order valence-corrected chi connectivity index (χ3v) is 4.26. The molecular weight excluding hydrogens is 298 g/mol. The van der Waals surface area contributed by atoms with Crippen LogP contribution in [0.1, 0.15) is 23.6 Å². The van der Waals surface area contributed by atoms with E-state index < -0.39 is 0 Å². The maximum absolute atomic E-state index is 5.77. The standard InChI is InChI=1S/C20H19N3O/c1-14-7-8-19-16(11-14)17(9-10-24-19)23-20-12-18(21-13-22-20)15-5-3-2-4-6-15/h2-8,11-13,17H,9-10H2,1H3,(H,21,22,23). The van der Waals surface area contributed by atoms with Crippen LogP contribution in [0.2, 0.25) is 0 Å². The van der Waals surface area contributed by atoms with Gasteiger partial charge in [0.25, 0.3) is 0 Å². The Bertz CT molecular complexity index is 849. The first-order chi connectivity index (χ1) is 11.8. The third-order valence-electron chi connectivity index (χ3n) is 4.26. The van der Waals surface area contributed by atoms with Crippen LogP contribution in [0.25, 0.3) is 11.3 Å². The van der Waals surface area contributed by atoms with Gasteiger partial charge in [-0.1, -0.05) is 48.0 Å². The lowest BCUT2D eigenvalue weighted by atomic mass is 9.98. The molecule has 2 heterocycles. The quantitative estimate of drug-likeness (QED) is 0.778. The summed E-state index contributed by atoms with van der Waals surface area (Å²) in [4.78, 5) is 8.78. The van der Waals surface area contributed by atoms with Gasteiger partial charge in [0.15, 0.2) is 0 Å². The first-order valence-electron chi connectivity index (χ1n) is 8.17. The molecule has 0 spiro atoms. The third kappa shape index (κ3) is 2.95. The number of rotatable bonds is 3. The minimum absolute atomic E-state index is 0.201. The van der Waals surface area contributed by atoms with E-state index in [1.807, 2.05) is 30.3 Å². The van der Waals surface area contributed by atoms with E-state index in [1.54, 1.807) is 6.33 Å². The van der Waals surface area contributed by atoms with Crippen LogP contribution in [0.5, 0.6) is 5.75 Å². The molecule has 1 aromatic heterocycles. The summed E-state index contributed by atoms with van der Waals surface area (Å²) in [6.07, 6.45) is 2.53. The van der Waals surface area contributed by atoms with Crippen molar-refractivity contribution in [2.45, 2.75) is 19.4 Å². The first-order valence-corrected chi connectivity index (χ1v) is 8.17. The van der Waals surface area contributed by atoms with Crippen LogP contribution in [0.15, 0.2) is 60.9 Å². The lowest BCUT2D eigenvalue weighted by Crippen LogP contribution is -2.21. The van der Waals surface area contributed by atoms with Gasteiger partial charge in [-0.3, -0.25) is 0 Å². The minimum Gasteiger partial charge on any atom is -0.493 e. The molecule has 1 N–H and O–H groups in total. The van der Waals surface area contributed by atoms with Crippen molar-refractivity contribution in [3.8, 4) is 17.0 Å². The smallest absolute Gasteiger partial charge is 0.130 e. The van der Waals surface area contributed by atoms with Crippen LogP contribution in [0, 0.1) is 6.92 Å². The van der Waals surface area contributed by atoms with Gasteiger partial charge in [-0.05, 0) is 13.0 Å². The summed E-state index contributed by atoms with van der Waals surface area (Å²) in [7, 11) is 0. The van der Waals surface area contributed by atoms with Crippen molar-refractivity contribution < 1.29 is 4.74 Å². The summed E-state index contributed by atoms with van der Waals surface area (Å²) in [5.74, 6) is 1.80. The van der Waals surface area contributed by atoms with Crippen molar-refractivity contribution in [3.05, 3.63) is 72.1 Å². The molecule has 3 aromatic rings. The van der Waals surface area contributed by atoms with Crippen molar-refractivity contribution in [2.75, 3.05) is 11.9 Å². The molecule has 0 radical (unpaired) electrons. The van der Waals surface area contributed by atoms with E-state index in [0.717, 1.165) is 29.2 Å². The van der Waals surface area contributed by atoms with E-state index >= 15 is 0 Å². The average molecular weight is 317 g/mol. The Morgan fingerprint density at radius 2 is 1.92 bits per heavy atom. The maximum atomic E-state index is 5.77. The van der Waals surface area contributed by atoms with Gasteiger partial charge in [0.2, 0.25) is 0 Å². The number of fused-ring (bicyclic) bond motifs is 1. The molecule has 0 bridgehead atoms. The van der Waals surface area contributed by atoms with Gasteiger partial charge >= 0.3 is 0 Å². The van der Waals surface area contributed by atoms with Crippen LogP contribution >= 0.6 is 0 Å². The highest BCUT2D eigenvalue weighted by molar-refractivity contribution is 5.62. The molecule has 1 atom stereocenters. The van der Waals surface area contributed by atoms with Gasteiger partial charge in [0.05, 0.1) is 18.3 Å². The minimum atomic E-state index is 0.201. The van der Waals surface area contributed by atoms with E-state index in [9.17, 15) is 0 Å². The largest absolute Gasteiger partial charge is 0.493 e. The van der Waals surface area contributed by atoms with E-state index in [4.69, 9.17) is 4.74 Å². The summed E-state index contributed by atoms with van der Waals surface area (Å²) in [5, 5.41) is 3.54. The predicted molar refractivity (Wildman–Crippen MR) is 95.1 cm³/mol. The summed E-state index contributed by atoms with van der Waals surface area (Å²) in [5.41, 5.74) is 4.44. The molecule has 24 heavy (non-hydrogen) atoms. The zero-order valence-corrected chi connectivity index (χ0v) is 13.6. The fourth-order valence-electron chi connectivity index (χ4n) is 3.05. The molecule has 4 nitrogen and oxygen atoms in total. The normalized spacial score (nSPS) is 16.1. The molecule has 120 valence electrons. The number of ether oxygens (including phenoxy) is 1. The zero-order chi connectivity index (χ0) is 16.4. The summed E-state index contributed by atoms with van der Waals surface area (Å²) >= 11 is 0. The highest BCUT2D eigenvalue weighted by Gasteiger charge is 2.21. The van der Waals surface area contributed by atoms with Gasteiger partial charge in [-0.2, -0.15) is 0 Å². The van der Waals surface area contributed by atoms with Crippen LogP contribution in [0.4, 0.5) is 5.82 Å². The molecule has 0 amide bonds. The second-order valence-electron chi connectivity index (χ2n) is 6.03. The van der Waals surface area contributed by atoms with Gasteiger partial charge in [-0.25, -0.2) is 9.97 Å². The molecule has 4 heteroatoms. The van der Waals surface area contributed by atoms with E-state index in [2.05, 4.69) is 46.5 Å². The Morgan fingerprint density at radius 3 is 2.79 bits per heavy atom. The average Bonchev–Trinajstić information content (AvgIpc) is 2.63. The molecular formula is C20H19N3O. The molecule has 1 aliphatic rings. The number of aromatic nitrogens is 2. The topological polar surface area (TPSA) is 47.0 Å². The number of nitrogens with one attached hydrogen (secondary N) is 1. The Labute approximate surface area is 141 Å². The Morgan fingerprint density at radius 1 is 1.04 bits per heavy atom. The van der Waals surface area contributed by atoms with Crippen LogP contribution in [0.3, 0.4) is 0 Å². The number of aryl methyl sites for hydroxylation is 1. The molecule has 0 saturated heterocycles. The number of hydrogen-bond acceptors (Lipinski definition) is 4. The van der Waals surface area contributed by atoms with Crippen molar-refractivity contribution in [2.24, 2.45) is 0 Å². The number of nitrogens with zero attached hydrogens (tertiary/aromatic N) is 2. The second-order valence-corrected chi connectivity index (χ2v) is 6.03. The van der Waals surface area contributed by atoms with Crippen molar-refractivity contribution in [1.29, 1.82) is 0 Å². The summed E-state index contributed by atoms with van der Waals surface area (Å²) < 4.78 is 5.77. The van der Waals surface area contributed by atoms with Crippen molar-refractivity contribution in [3.63, 3.8) is 0 Å². The maximum Gasteiger partial charge on any atom is 0.130 e. The predicted octanol–water partition coefficient (Wildman–Crippen LogP) is 4.39. The van der Waals surface area contributed by atoms with Crippen molar-refractivity contribution in [1.82, 2.24) is 9.97 Å². The van der Waals surface area contributed by atoms with E-state index in [1.165, 1.54) is 11.1 Å². The molecule has 0 fully saturated rings. The molecule has 0 aliphatic carbocycles. The lowest BCUT2D eigenvalue weighted by molar-refractivity contribution is 0.274.